The summed E-state index contributed by atoms with van der Waals surface area (Å²) in [5, 5.41) is 0. The third-order valence-electron chi connectivity index (χ3n) is 1.31. The van der Waals surface area contributed by atoms with E-state index in [-0.39, 0.29) is 6.10 Å². The zero-order valence-electron chi connectivity index (χ0n) is 6.07. The van der Waals surface area contributed by atoms with E-state index < -0.39 is 6.72 Å². The lowest BCUT2D eigenvalue weighted by atomic mass is 10.3. The van der Waals surface area contributed by atoms with Gasteiger partial charge in [0.25, 0.3) is 0 Å². The maximum atomic E-state index is 5.30. The van der Waals surface area contributed by atoms with Crippen LogP contribution >= 0.6 is 6.72 Å². The van der Waals surface area contributed by atoms with E-state index in [9.17, 15) is 0 Å². The minimum atomic E-state index is -2.32. The van der Waals surface area contributed by atoms with Gasteiger partial charge in [0.15, 0.2) is 0 Å². The zero-order chi connectivity index (χ0) is 7.61. The Morgan fingerprint density at radius 3 is 2.80 bits per heavy atom. The summed E-state index contributed by atoms with van der Waals surface area (Å²) in [6.07, 6.45) is 1.08. The van der Waals surface area contributed by atoms with Gasteiger partial charge >= 0.3 is 6.72 Å². The fourth-order valence-electron chi connectivity index (χ4n) is 0.730. The minimum absolute atomic E-state index is 0.180. The van der Waals surface area contributed by atoms with Gasteiger partial charge in [-0.3, -0.25) is 0 Å². The molecule has 2 atom stereocenters. The number of rotatable bonds is 1. The molecule has 0 aromatic carbocycles. The maximum absolute atomic E-state index is 5.30. The summed E-state index contributed by atoms with van der Waals surface area (Å²) in [4.78, 5) is 0. The third-order valence-corrected chi connectivity index (χ3v) is 3.89. The molecule has 0 saturated carbocycles. The van der Waals surface area contributed by atoms with Crippen LogP contribution in [0.5, 0.6) is 0 Å². The van der Waals surface area contributed by atoms with Crippen LogP contribution < -0.4 is 0 Å². The van der Waals surface area contributed by atoms with Gasteiger partial charge in [0, 0.05) is 7.11 Å². The Hall–Kier alpha value is 0.530. The van der Waals surface area contributed by atoms with E-state index in [4.69, 9.17) is 25.4 Å². The largest absolute Gasteiger partial charge is 0.327 e. The van der Waals surface area contributed by atoms with Gasteiger partial charge in [-0.25, -0.2) is 0 Å². The van der Waals surface area contributed by atoms with Gasteiger partial charge in [-0.05, 0) is 25.2 Å². The molecule has 0 unspecified atom stereocenters. The van der Waals surface area contributed by atoms with Gasteiger partial charge in [0.2, 0.25) is 0 Å². The molecular weight excluding hydrogens is 171 g/mol. The highest BCUT2D eigenvalue weighted by molar-refractivity contribution is 8.07. The average Bonchev–Trinajstić information content (AvgIpc) is 1.88. The second kappa shape index (κ2) is 3.28. The highest BCUT2D eigenvalue weighted by Crippen LogP contribution is 2.52. The Bertz CT molecular complexity index is 161. The zero-order valence-corrected chi connectivity index (χ0v) is 7.78. The average molecular weight is 182 g/mol. The van der Waals surface area contributed by atoms with E-state index in [2.05, 4.69) is 0 Å². The van der Waals surface area contributed by atoms with Crippen molar-refractivity contribution >= 4 is 18.5 Å². The molecule has 5 heteroatoms. The molecule has 1 heterocycles. The highest BCUT2D eigenvalue weighted by atomic mass is 32.5. The first-order valence-corrected chi connectivity index (χ1v) is 5.70. The van der Waals surface area contributed by atoms with E-state index in [1.807, 2.05) is 6.92 Å². The molecule has 1 aliphatic rings. The summed E-state index contributed by atoms with van der Waals surface area (Å²) < 4.78 is 15.4. The molecule has 0 bridgehead atoms. The van der Waals surface area contributed by atoms with Crippen LogP contribution in [0.2, 0.25) is 0 Å². The van der Waals surface area contributed by atoms with Crippen LogP contribution in [0.3, 0.4) is 0 Å². The molecule has 0 aromatic rings. The Kier molecular flexibility index (Phi) is 2.83. The molecule has 0 aliphatic carbocycles. The molecule has 3 nitrogen and oxygen atoms in total. The summed E-state index contributed by atoms with van der Waals surface area (Å²) in [5.41, 5.74) is 0. The van der Waals surface area contributed by atoms with E-state index in [1.165, 1.54) is 7.11 Å². The van der Waals surface area contributed by atoms with Crippen LogP contribution in [0.4, 0.5) is 0 Å². The summed E-state index contributed by atoms with van der Waals surface area (Å²) in [6.45, 7) is 0.317. The molecule has 1 rings (SSSR count). The maximum Gasteiger partial charge on any atom is 0.327 e. The first-order chi connectivity index (χ1) is 4.66. The van der Waals surface area contributed by atoms with Gasteiger partial charge in [0.05, 0.1) is 12.7 Å². The summed E-state index contributed by atoms with van der Waals surface area (Å²) in [5.74, 6) is 0. The Morgan fingerprint density at radius 2 is 2.40 bits per heavy atom. The molecule has 0 radical (unpaired) electrons. The van der Waals surface area contributed by atoms with Crippen LogP contribution in [0.1, 0.15) is 13.3 Å². The molecule has 60 valence electrons. The minimum Gasteiger partial charge on any atom is -0.312 e. The fourth-order valence-corrected chi connectivity index (χ4v) is 2.52. The van der Waals surface area contributed by atoms with Crippen molar-refractivity contribution in [1.82, 2.24) is 0 Å². The molecular formula is C5H11O3PS. The molecule has 0 spiro atoms. The molecule has 1 saturated heterocycles. The predicted molar refractivity (Wildman–Crippen MR) is 42.4 cm³/mol. The summed E-state index contributed by atoms with van der Waals surface area (Å²) in [6, 6.07) is 0. The number of hydrogen-bond acceptors (Lipinski definition) is 4. The van der Waals surface area contributed by atoms with Crippen molar-refractivity contribution in [2.24, 2.45) is 0 Å². The third kappa shape index (κ3) is 2.01. The van der Waals surface area contributed by atoms with Gasteiger partial charge in [-0.15, -0.1) is 0 Å². The fraction of sp³-hybridized carbons (Fsp3) is 1.00. The SMILES string of the molecule is CO[P@]1(=S)OCC[C@H](C)O1. The second-order valence-electron chi connectivity index (χ2n) is 2.17. The lowest BCUT2D eigenvalue weighted by molar-refractivity contribution is 0.0780. The van der Waals surface area contributed by atoms with Crippen molar-refractivity contribution in [2.75, 3.05) is 13.7 Å². The first kappa shape index (κ1) is 8.62. The van der Waals surface area contributed by atoms with Gasteiger partial charge in [-0.1, -0.05) is 0 Å². The lowest BCUT2D eigenvalue weighted by Gasteiger charge is -2.28. The molecule has 0 N–H and O–H groups in total. The predicted octanol–water partition coefficient (Wildman–Crippen LogP) is 1.68. The Balaban J connectivity index is 2.54. The van der Waals surface area contributed by atoms with Crippen LogP contribution in [-0.4, -0.2) is 19.8 Å². The summed E-state index contributed by atoms with van der Waals surface area (Å²) in [7, 11) is 1.53. The molecule has 0 aromatic heterocycles. The van der Waals surface area contributed by atoms with Crippen molar-refractivity contribution in [3.8, 4) is 0 Å². The van der Waals surface area contributed by atoms with Crippen LogP contribution in [0.15, 0.2) is 0 Å². The van der Waals surface area contributed by atoms with Crippen molar-refractivity contribution in [2.45, 2.75) is 19.4 Å². The van der Waals surface area contributed by atoms with E-state index in [0.717, 1.165) is 6.42 Å². The Morgan fingerprint density at radius 1 is 1.70 bits per heavy atom. The molecule has 1 fully saturated rings. The molecule has 10 heavy (non-hydrogen) atoms. The van der Waals surface area contributed by atoms with Crippen molar-refractivity contribution in [3.05, 3.63) is 0 Å². The second-order valence-corrected chi connectivity index (χ2v) is 5.24. The van der Waals surface area contributed by atoms with Gasteiger partial charge in [-0.2, -0.15) is 0 Å². The quantitative estimate of drug-likeness (QED) is 0.577. The van der Waals surface area contributed by atoms with Crippen molar-refractivity contribution in [3.63, 3.8) is 0 Å². The van der Waals surface area contributed by atoms with Crippen molar-refractivity contribution in [1.29, 1.82) is 0 Å². The van der Waals surface area contributed by atoms with E-state index in [1.54, 1.807) is 0 Å². The van der Waals surface area contributed by atoms with Crippen LogP contribution in [0, 0.1) is 0 Å². The monoisotopic (exact) mass is 182 g/mol. The van der Waals surface area contributed by atoms with E-state index in [0.29, 0.717) is 6.61 Å². The summed E-state index contributed by atoms with van der Waals surface area (Å²) >= 11 is 4.98. The highest BCUT2D eigenvalue weighted by Gasteiger charge is 2.26. The number of hydrogen-bond donors (Lipinski definition) is 0. The van der Waals surface area contributed by atoms with Gasteiger partial charge in [0.1, 0.15) is 0 Å². The Labute approximate surface area is 65.9 Å². The van der Waals surface area contributed by atoms with Gasteiger partial charge < -0.3 is 13.6 Å². The normalized spacial score (nSPS) is 41.6. The standard InChI is InChI=1S/C5H11O3PS/c1-5-3-4-7-9(10,6-2)8-5/h5H,3-4H2,1-2H3/t5-,9-/m0/s1. The smallest absolute Gasteiger partial charge is 0.312 e. The molecule has 0 amide bonds. The van der Waals surface area contributed by atoms with Crippen LogP contribution in [-0.2, 0) is 25.4 Å². The molecule has 1 aliphatic heterocycles. The van der Waals surface area contributed by atoms with Crippen LogP contribution in [0.25, 0.3) is 0 Å². The van der Waals surface area contributed by atoms with Crippen molar-refractivity contribution < 1.29 is 13.6 Å². The first-order valence-electron chi connectivity index (χ1n) is 3.15. The lowest BCUT2D eigenvalue weighted by Crippen LogP contribution is -2.17. The van der Waals surface area contributed by atoms with E-state index >= 15 is 0 Å². The topological polar surface area (TPSA) is 27.7 Å².